The van der Waals surface area contributed by atoms with Crippen molar-refractivity contribution in [2.45, 2.75) is 480 Å². The first kappa shape index (κ1) is 114. The third-order valence-corrected chi connectivity index (χ3v) is 19.7. The maximum atomic E-state index is 13.3. The number of alkyl halides is 3. The van der Waals surface area contributed by atoms with Gasteiger partial charge in [0, 0.05) is 71.8 Å². The minimum Gasteiger partial charge on any atom is -0.448 e. The average Bonchev–Trinajstić information content (AvgIpc) is 1.53. The van der Waals surface area contributed by atoms with Crippen LogP contribution in [-0.4, -0.2) is 127 Å². The highest BCUT2D eigenvalue weighted by molar-refractivity contribution is 7.90. The molecule has 0 amide bonds. The minimum atomic E-state index is -4.20. The van der Waals surface area contributed by atoms with Crippen LogP contribution >= 0.6 is 0 Å². The van der Waals surface area contributed by atoms with Crippen molar-refractivity contribution in [2.75, 3.05) is 13.2 Å². The van der Waals surface area contributed by atoms with E-state index in [0.29, 0.717) is 11.0 Å². The second-order valence-corrected chi connectivity index (χ2v) is 52.5. The van der Waals surface area contributed by atoms with Gasteiger partial charge in [-0.05, 0) is 191 Å². The molecule has 19 nitrogen and oxygen atoms in total. The van der Waals surface area contributed by atoms with E-state index in [9.17, 15) is 26.0 Å². The van der Waals surface area contributed by atoms with Crippen molar-refractivity contribution in [2.24, 2.45) is 27.1 Å². The first-order chi connectivity index (χ1) is 49.1. The number of aromatic nitrogens is 11. The number of rotatable bonds is 4. The van der Waals surface area contributed by atoms with Crippen molar-refractivity contribution in [3.63, 3.8) is 0 Å². The lowest BCUT2D eigenvalue weighted by atomic mass is 9.71. The molecule has 1 unspecified atom stereocenters. The second kappa shape index (κ2) is 39.1. The van der Waals surface area contributed by atoms with Gasteiger partial charge in [0.2, 0.25) is 10.0 Å². The van der Waals surface area contributed by atoms with Gasteiger partial charge in [0.25, 0.3) is 0 Å². The predicted molar refractivity (Wildman–Crippen MR) is 475 cm³/mol. The summed E-state index contributed by atoms with van der Waals surface area (Å²) in [5.74, 6) is 3.43. The van der Waals surface area contributed by atoms with Gasteiger partial charge in [-0.3, -0.25) is 5.10 Å². The van der Waals surface area contributed by atoms with Gasteiger partial charge in [0.15, 0.2) is 17.5 Å². The van der Waals surface area contributed by atoms with Crippen LogP contribution in [0.4, 0.5) is 17.6 Å². The monoisotopic (exact) mass is 1640 g/mol. The number of hydrogen-bond donors (Lipinski definition) is 5. The molecule has 1 saturated carbocycles. The summed E-state index contributed by atoms with van der Waals surface area (Å²) in [7, 11) is -3.21. The number of ether oxygens (including phenoxy) is 1. The van der Waals surface area contributed by atoms with E-state index in [1.807, 2.05) is 73.2 Å². The molecule has 1 atom stereocenters. The van der Waals surface area contributed by atoms with Crippen LogP contribution in [0.2, 0.25) is 0 Å². The zero-order valence-electron chi connectivity index (χ0n) is 83.7. The molecule has 4 aromatic rings. The highest BCUT2D eigenvalue weighted by Crippen LogP contribution is 2.51. The number of hydrogen-bond acceptors (Lipinski definition) is 15. The number of nitrogens with one attached hydrogen (secondary N) is 5. The van der Waals surface area contributed by atoms with Crippen molar-refractivity contribution in [3.8, 4) is 0 Å². The lowest BCUT2D eigenvalue weighted by Crippen LogP contribution is -2.71. The van der Waals surface area contributed by atoms with Crippen molar-refractivity contribution >= 4 is 10.0 Å². The van der Waals surface area contributed by atoms with Crippen molar-refractivity contribution in [3.05, 3.63) is 59.1 Å². The molecule has 1 aliphatic heterocycles. The summed E-state index contributed by atoms with van der Waals surface area (Å²) in [6.45, 7) is 112. The summed E-state index contributed by atoms with van der Waals surface area (Å²) < 4.78 is 89.0. The van der Waals surface area contributed by atoms with Crippen LogP contribution in [0.3, 0.4) is 0 Å². The number of allylic oxidation sites excluding steroid dienone is 2. The second-order valence-electron chi connectivity index (χ2n) is 50.1. The largest absolute Gasteiger partial charge is 0.448 e. The van der Waals surface area contributed by atoms with Gasteiger partial charge in [-0.25, -0.2) is 32.2 Å². The number of oxazole rings is 1. The highest BCUT2D eigenvalue weighted by Gasteiger charge is 2.54. The van der Waals surface area contributed by atoms with Gasteiger partial charge in [-0.1, -0.05) is 234 Å². The van der Waals surface area contributed by atoms with E-state index in [2.05, 4.69) is 316 Å². The van der Waals surface area contributed by atoms with E-state index < -0.39 is 43.5 Å². The Morgan fingerprint density at radius 3 is 1.05 bits per heavy atom. The van der Waals surface area contributed by atoms with E-state index in [1.165, 1.54) is 12.8 Å². The molecule has 1 saturated heterocycles. The number of halogens is 4. The van der Waals surface area contributed by atoms with E-state index >= 15 is 0 Å². The predicted octanol–water partition coefficient (Wildman–Crippen LogP) is 23.7. The summed E-state index contributed by atoms with van der Waals surface area (Å²) in [6, 6.07) is -1.48. The quantitative estimate of drug-likeness (QED) is 0.120. The first-order valence-electron chi connectivity index (χ1n) is 41.2. The molecule has 0 spiro atoms. The Balaban J connectivity index is -0.00000122. The van der Waals surface area contributed by atoms with E-state index in [-0.39, 0.29) is 82.3 Å². The fraction of sp³-hybridized carbons (Fsp3) is 0.889. The SMILES string of the molecule is CC(C)(C)/C=C(\F)C(C)(C)C.CC(C)(C)NC(C(C)(C)C)C(F)(F)F.CC(C)(C)NC1(C(C)(C)C)CC1.CC(C)(C)NC1(C(C)(C)C)COC1.CC(C)(C)NS(=O)(=O)C(C)(C)C.CC(C)(C)c1cn(C(C)(C)C)nn1.CC(C)(C)c1coc(C(C)(C)C)n1.CC(C)(C)c1n[nH]c(C(C)(C)C)n1.CC(C)(C)c1nnn(C(C)(C)C)n1. The maximum absolute atomic E-state index is 13.3. The van der Waals surface area contributed by atoms with Crippen LogP contribution in [0.5, 0.6) is 0 Å². The lowest BCUT2D eigenvalue weighted by molar-refractivity contribution is -0.182. The van der Waals surface area contributed by atoms with Gasteiger partial charge >= 0.3 is 6.18 Å². The fourth-order valence-electron chi connectivity index (χ4n) is 9.63. The van der Waals surface area contributed by atoms with Crippen molar-refractivity contribution in [1.29, 1.82) is 0 Å². The third kappa shape index (κ3) is 44.7. The number of sulfonamides is 1. The Morgan fingerprint density at radius 2 is 0.904 bits per heavy atom. The molecule has 1 aliphatic carbocycles. The Labute approximate surface area is 697 Å². The molecule has 6 rings (SSSR count). The minimum absolute atomic E-state index is 0.00347. The molecule has 4 aromatic heterocycles. The van der Waals surface area contributed by atoms with Crippen molar-refractivity contribution in [1.82, 2.24) is 76.0 Å². The van der Waals surface area contributed by atoms with Gasteiger partial charge in [-0.2, -0.15) is 23.1 Å². The molecule has 2 aliphatic rings. The lowest BCUT2D eigenvalue weighted by Gasteiger charge is -2.54. The average molecular weight is 1640 g/mol. The molecule has 672 valence electrons. The molecule has 0 aromatic carbocycles. The molecule has 2 fully saturated rings. The molecule has 114 heavy (non-hydrogen) atoms. The van der Waals surface area contributed by atoms with E-state index in [1.54, 1.807) is 79.4 Å². The zero-order chi connectivity index (χ0) is 92.3. The van der Waals surface area contributed by atoms with Crippen LogP contribution in [0.1, 0.15) is 421 Å². The standard InChI is InChI=1S/C11H23NO.C11H19NO.C11H23N.C10H20F3N.C10H19F.2C10H19N3.C9H18N4.C8H19NO2S/c1-9(2,3)11(7-13-8-11)12-10(4,5)6;1-10(2,3)8-7-13-9(12-8)11(4,5)6;1-9(2,3)11(7-8-11)12-10(4,5)6;1-8(2,3)7(10(11,12)13)14-9(4,5)6;1-9(2,3)7-8(11)10(4,5)6;1-9(2,3)7-11-8(13-12-7)10(4,5)6;1-9(2,3)8-7-13(12-11-8)10(4,5)6;1-8(2,3)7-10-12-13(11-7)9(4,5)6;1-7(2,3)9-12(10,11)8(4,5)6/h12H,7-8H2,1-6H3;7H,1-6H3;12H,7-8H2,1-6H3;7,14H,1-6H3;7H,1-6H3;1-6H3,(H,11,12,13);7H,1-6H3;1-6H3;9H,1-6H3/b;;;;8-7-;;;;. The topological polar surface area (TPSA) is 233 Å². The summed E-state index contributed by atoms with van der Waals surface area (Å²) in [4.78, 5) is 10.6. The molecule has 24 heteroatoms. The molecular weight excluding hydrogens is 1460 g/mol. The Kier molecular flexibility index (Phi) is 39.1. The van der Waals surface area contributed by atoms with E-state index in [0.717, 1.165) is 48.0 Å². The Morgan fingerprint density at radius 1 is 0.491 bits per heavy atom. The van der Waals surface area contributed by atoms with Gasteiger partial charge in [-0.15, -0.1) is 15.3 Å². The van der Waals surface area contributed by atoms with Gasteiger partial charge in [0.1, 0.15) is 24.0 Å². The highest BCUT2D eigenvalue weighted by atomic mass is 32.2. The molecule has 5 heterocycles. The summed E-state index contributed by atoms with van der Waals surface area (Å²) in [5.41, 5.74) is 1.75. The Hall–Kier alpha value is -4.23. The normalized spacial score (nSPS) is 16.2. The molecule has 0 bridgehead atoms. The van der Waals surface area contributed by atoms with Crippen LogP contribution in [0, 0.1) is 27.1 Å². The summed E-state index contributed by atoms with van der Waals surface area (Å²) in [6.07, 6.45) is 3.96. The summed E-state index contributed by atoms with van der Waals surface area (Å²) in [5, 5.41) is 38.0. The number of H-pyrrole nitrogens is 1. The smallest absolute Gasteiger partial charge is 0.404 e. The summed E-state index contributed by atoms with van der Waals surface area (Å²) >= 11 is 0. The Bertz CT molecular complexity index is 3210. The number of nitrogens with zero attached hydrogens (tertiary/aromatic N) is 10. The van der Waals surface area contributed by atoms with Crippen LogP contribution in [-0.2, 0) is 58.3 Å². The molecular formula is C90H179F4N15O4S. The molecule has 5 N–H and O–H groups in total. The third-order valence-electron chi connectivity index (χ3n) is 17.3. The first-order valence-corrected chi connectivity index (χ1v) is 42.7. The number of tetrazole rings is 1. The van der Waals surface area contributed by atoms with E-state index in [4.69, 9.17) is 9.15 Å². The van der Waals surface area contributed by atoms with Gasteiger partial charge < -0.3 is 25.1 Å². The van der Waals surface area contributed by atoms with Crippen LogP contribution in [0.15, 0.2) is 28.8 Å². The molecule has 0 radical (unpaired) electrons. The van der Waals surface area contributed by atoms with Crippen LogP contribution in [0.25, 0.3) is 0 Å². The zero-order valence-corrected chi connectivity index (χ0v) is 84.5. The van der Waals surface area contributed by atoms with Crippen LogP contribution < -0.4 is 20.7 Å². The number of aromatic amines is 1. The van der Waals surface area contributed by atoms with Gasteiger partial charge in [0.05, 0.1) is 46.0 Å². The maximum Gasteiger partial charge on any atom is 0.404 e. The van der Waals surface area contributed by atoms with Crippen molar-refractivity contribution < 1.29 is 35.1 Å². The fourth-order valence-corrected chi connectivity index (χ4v) is 10.7.